The van der Waals surface area contributed by atoms with Crippen LogP contribution in [0.1, 0.15) is 0 Å². The molecule has 4 rings (SSSR count). The van der Waals surface area contributed by atoms with Crippen LogP contribution in [0.5, 0.6) is 0 Å². The fourth-order valence-corrected chi connectivity index (χ4v) is 5.18. The molecule has 0 bridgehead atoms. The van der Waals surface area contributed by atoms with Crippen molar-refractivity contribution in [3.63, 3.8) is 0 Å². The Hall–Kier alpha value is -2.47. The first-order chi connectivity index (χ1) is 11.5. The van der Waals surface area contributed by atoms with E-state index in [9.17, 15) is 22.0 Å². The van der Waals surface area contributed by atoms with Crippen LogP contribution in [0.2, 0.25) is 0 Å². The van der Waals surface area contributed by atoms with E-state index in [-0.39, 0.29) is 4.90 Å². The van der Waals surface area contributed by atoms with Gasteiger partial charge in [0.25, 0.3) is 0 Å². The summed E-state index contributed by atoms with van der Waals surface area (Å²) in [6, 6.07) is 9.85. The van der Waals surface area contributed by atoms with Crippen molar-refractivity contribution in [2.75, 3.05) is 0 Å². The van der Waals surface area contributed by atoms with Gasteiger partial charge in [-0.15, -0.1) is 0 Å². The van der Waals surface area contributed by atoms with E-state index in [2.05, 4.69) is 0 Å². The third kappa shape index (κ3) is 2.17. The lowest BCUT2D eigenvalue weighted by molar-refractivity contribution is 0.448. The molecule has 3 aromatic carbocycles. The van der Waals surface area contributed by atoms with Crippen molar-refractivity contribution >= 4 is 30.6 Å². The number of rotatable bonds is 1. The predicted molar refractivity (Wildman–Crippen MR) is 85.1 cm³/mol. The summed E-state index contributed by atoms with van der Waals surface area (Å²) >= 11 is 0. The van der Waals surface area contributed by atoms with Gasteiger partial charge in [0.2, 0.25) is 0 Å². The summed E-state index contributed by atoms with van der Waals surface area (Å²) in [5.41, 5.74) is 0. The van der Waals surface area contributed by atoms with Crippen LogP contribution in [-0.4, -0.2) is 0 Å². The molecule has 0 nitrogen and oxygen atoms in total. The van der Waals surface area contributed by atoms with Crippen LogP contribution in [0.4, 0.5) is 22.0 Å². The number of halogens is 5. The molecule has 0 unspecified atom stereocenters. The van der Waals surface area contributed by atoms with Gasteiger partial charge >= 0.3 is 0 Å². The maximum Gasteiger partial charge on any atom is 0.194 e. The van der Waals surface area contributed by atoms with Crippen LogP contribution in [0.25, 0.3) is 25.1 Å². The molecule has 0 saturated heterocycles. The van der Waals surface area contributed by atoms with E-state index >= 15 is 0 Å². The molecular weight excluding hydrogens is 343 g/mol. The number of hydrogen-bond donors (Lipinski definition) is 0. The van der Waals surface area contributed by atoms with Gasteiger partial charge in [-0.05, 0) is 24.3 Å². The minimum Gasteiger partial charge on any atom is -0.207 e. The molecule has 1 heterocycles. The summed E-state index contributed by atoms with van der Waals surface area (Å²) in [7, 11) is -0.966. The molecule has 120 valence electrons. The quantitative estimate of drug-likeness (QED) is 0.211. The second-order valence-electron chi connectivity index (χ2n) is 5.29. The third-order valence-electron chi connectivity index (χ3n) is 3.81. The van der Waals surface area contributed by atoms with Crippen molar-refractivity contribution in [2.45, 2.75) is 0 Å². The van der Waals surface area contributed by atoms with Crippen molar-refractivity contribution in [3.8, 4) is 4.90 Å². The molecule has 0 aliphatic rings. The first-order valence-electron chi connectivity index (χ1n) is 6.94. The van der Waals surface area contributed by atoms with Gasteiger partial charge in [-0.2, -0.15) is 0 Å². The Morgan fingerprint density at radius 1 is 0.583 bits per heavy atom. The topological polar surface area (TPSA) is 0 Å². The highest BCUT2D eigenvalue weighted by atomic mass is 32.2. The van der Waals surface area contributed by atoms with E-state index in [1.165, 1.54) is 36.4 Å². The molecule has 24 heavy (non-hydrogen) atoms. The van der Waals surface area contributed by atoms with E-state index in [4.69, 9.17) is 0 Å². The van der Waals surface area contributed by atoms with Gasteiger partial charge < -0.3 is 0 Å². The number of benzene rings is 3. The average Bonchev–Trinajstić information content (AvgIpc) is 2.85. The number of fused-ring (bicyclic) bond motifs is 3. The smallest absolute Gasteiger partial charge is 0.194 e. The molecule has 0 atom stereocenters. The van der Waals surface area contributed by atoms with E-state index in [0.717, 1.165) is 12.1 Å². The van der Waals surface area contributed by atoms with Crippen LogP contribution < -0.4 is 0 Å². The normalized spacial score (nSPS) is 11.5. The lowest BCUT2D eigenvalue weighted by atomic mass is 10.1. The van der Waals surface area contributed by atoms with Crippen LogP contribution in [0.3, 0.4) is 0 Å². The van der Waals surface area contributed by atoms with Crippen molar-refractivity contribution in [2.24, 2.45) is 0 Å². The maximum absolute atomic E-state index is 13.6. The fraction of sp³-hybridized carbons (Fsp3) is 0. The first kappa shape index (κ1) is 15.1. The van der Waals surface area contributed by atoms with Gasteiger partial charge in [0, 0.05) is 34.7 Å². The van der Waals surface area contributed by atoms with E-state index in [1.54, 1.807) is 0 Å². The largest absolute Gasteiger partial charge is 0.207 e. The zero-order chi connectivity index (χ0) is 17.0. The summed E-state index contributed by atoms with van der Waals surface area (Å²) in [6.07, 6.45) is 0. The number of thiophene rings is 1. The average molecular weight is 351 g/mol. The Morgan fingerprint density at radius 3 is 1.50 bits per heavy atom. The minimum absolute atomic E-state index is 0.213. The molecule has 0 N–H and O–H groups in total. The Kier molecular flexibility index (Phi) is 3.31. The SMILES string of the molecule is Fc1ccc2c(c1)c1cc(F)ccc1[s+]2-c1cc(F)c(F)c(F)c1. The molecule has 0 aliphatic heterocycles. The van der Waals surface area contributed by atoms with Crippen LogP contribution in [0.15, 0.2) is 48.5 Å². The van der Waals surface area contributed by atoms with E-state index in [0.29, 0.717) is 20.2 Å². The second kappa shape index (κ2) is 5.27. The summed E-state index contributed by atoms with van der Waals surface area (Å²) in [4.78, 5) is 0.213. The molecule has 0 radical (unpaired) electrons. The van der Waals surface area contributed by atoms with Gasteiger partial charge in [-0.25, -0.2) is 22.0 Å². The van der Waals surface area contributed by atoms with Crippen LogP contribution in [-0.2, 0) is 0 Å². The maximum atomic E-state index is 13.6. The van der Waals surface area contributed by atoms with Crippen molar-refractivity contribution < 1.29 is 22.0 Å². The summed E-state index contributed by atoms with van der Waals surface area (Å²) in [5.74, 6) is -5.12. The molecule has 0 amide bonds. The first-order valence-corrected chi connectivity index (χ1v) is 8.16. The lowest BCUT2D eigenvalue weighted by Crippen LogP contribution is -1.90. The molecule has 0 aliphatic carbocycles. The van der Waals surface area contributed by atoms with Crippen molar-refractivity contribution in [1.82, 2.24) is 0 Å². The van der Waals surface area contributed by atoms with Gasteiger partial charge in [-0.1, -0.05) is 0 Å². The van der Waals surface area contributed by atoms with E-state index < -0.39 is 39.6 Å². The Morgan fingerprint density at radius 2 is 1.04 bits per heavy atom. The highest BCUT2D eigenvalue weighted by molar-refractivity contribution is 7.50. The molecule has 4 aromatic rings. The predicted octanol–water partition coefficient (Wildman–Crippen LogP) is 6.43. The summed E-state index contributed by atoms with van der Waals surface area (Å²) in [5, 5.41) is 0.941. The summed E-state index contributed by atoms with van der Waals surface area (Å²) in [6.45, 7) is 0. The third-order valence-corrected chi connectivity index (χ3v) is 6.11. The van der Waals surface area contributed by atoms with Gasteiger partial charge in [0.15, 0.2) is 31.7 Å². The minimum atomic E-state index is -1.54. The van der Waals surface area contributed by atoms with Gasteiger partial charge in [-0.3, -0.25) is 0 Å². The standard InChI is InChI=1S/C18H8F5S/c19-9-1-3-16-12(5-9)13-6-10(20)2-4-17(13)24(16)11-7-14(21)18(23)15(22)8-11/h1-8H/q+1. The number of hydrogen-bond acceptors (Lipinski definition) is 0. The van der Waals surface area contributed by atoms with Gasteiger partial charge in [0.05, 0.1) is 10.8 Å². The summed E-state index contributed by atoms with van der Waals surface area (Å²) < 4.78 is 69.0. The Balaban J connectivity index is 2.18. The van der Waals surface area contributed by atoms with E-state index in [1.807, 2.05) is 0 Å². The zero-order valence-corrected chi connectivity index (χ0v) is 12.7. The monoisotopic (exact) mass is 351 g/mol. The Labute approximate surface area is 135 Å². The zero-order valence-electron chi connectivity index (χ0n) is 11.9. The van der Waals surface area contributed by atoms with Gasteiger partial charge in [0.1, 0.15) is 11.6 Å². The molecule has 0 saturated carbocycles. The lowest BCUT2D eigenvalue weighted by Gasteiger charge is -1.97. The Bertz CT molecular complexity index is 1030. The van der Waals surface area contributed by atoms with Crippen LogP contribution >= 0.6 is 10.5 Å². The molecule has 0 spiro atoms. The molecule has 6 heteroatoms. The van der Waals surface area contributed by atoms with Crippen LogP contribution in [0, 0.1) is 29.1 Å². The molecular formula is C18H8F5S+. The highest BCUT2D eigenvalue weighted by Crippen LogP contribution is 2.49. The highest BCUT2D eigenvalue weighted by Gasteiger charge is 2.27. The molecule has 1 aromatic heterocycles. The second-order valence-corrected chi connectivity index (χ2v) is 7.25. The van der Waals surface area contributed by atoms with Crippen molar-refractivity contribution in [3.05, 3.63) is 77.6 Å². The molecule has 0 fully saturated rings. The van der Waals surface area contributed by atoms with Crippen molar-refractivity contribution in [1.29, 1.82) is 0 Å². The fourth-order valence-electron chi connectivity index (χ4n) is 2.80.